The highest BCUT2D eigenvalue weighted by molar-refractivity contribution is 7.89. The van der Waals surface area contributed by atoms with Crippen LogP contribution >= 0.6 is 11.6 Å². The van der Waals surface area contributed by atoms with Crippen LogP contribution in [0, 0.1) is 5.82 Å². The third-order valence-electron chi connectivity index (χ3n) is 5.89. The van der Waals surface area contributed by atoms with Gasteiger partial charge in [0.15, 0.2) is 0 Å². The van der Waals surface area contributed by atoms with Crippen molar-refractivity contribution in [1.82, 2.24) is 4.31 Å². The fraction of sp³-hybridized carbons (Fsp3) is 0.240. The maximum Gasteiger partial charge on any atom is 0.258 e. The molecule has 3 aromatic carbocycles. The van der Waals surface area contributed by atoms with E-state index in [9.17, 15) is 17.6 Å². The smallest absolute Gasteiger partial charge is 0.258 e. The number of hydrogen-bond donors (Lipinski definition) is 1. The van der Waals surface area contributed by atoms with E-state index in [4.69, 9.17) is 21.1 Å². The molecule has 0 saturated carbocycles. The lowest BCUT2D eigenvalue weighted by molar-refractivity contribution is 0.102. The Balaban J connectivity index is 1.53. The molecule has 0 atom stereocenters. The number of carbonyl (C=O) groups excluding carboxylic acids is 1. The molecule has 1 saturated heterocycles. The first-order valence-corrected chi connectivity index (χ1v) is 12.9. The fourth-order valence-electron chi connectivity index (χ4n) is 3.95. The number of anilines is 2. The van der Waals surface area contributed by atoms with Crippen molar-refractivity contribution in [1.29, 1.82) is 0 Å². The van der Waals surface area contributed by atoms with Crippen molar-refractivity contribution < 1.29 is 27.1 Å². The molecule has 1 heterocycles. The van der Waals surface area contributed by atoms with Crippen molar-refractivity contribution in [2.24, 2.45) is 0 Å². The molecular formula is C25H25ClFN3O5S. The van der Waals surface area contributed by atoms with E-state index in [2.05, 4.69) is 5.32 Å². The van der Waals surface area contributed by atoms with Crippen molar-refractivity contribution in [2.45, 2.75) is 4.90 Å². The number of benzene rings is 3. The van der Waals surface area contributed by atoms with E-state index in [1.54, 1.807) is 18.2 Å². The second-order valence-corrected chi connectivity index (χ2v) is 10.4. The van der Waals surface area contributed by atoms with E-state index in [1.165, 1.54) is 24.6 Å². The van der Waals surface area contributed by atoms with Gasteiger partial charge in [-0.25, -0.2) is 12.8 Å². The number of sulfonamides is 1. The largest absolute Gasteiger partial charge is 0.497 e. The molecule has 11 heteroatoms. The number of nitrogens with zero attached hydrogens (tertiary/aromatic N) is 2. The third-order valence-corrected chi connectivity index (χ3v) is 8.02. The van der Waals surface area contributed by atoms with Gasteiger partial charge >= 0.3 is 0 Å². The minimum atomic E-state index is -3.96. The van der Waals surface area contributed by atoms with Gasteiger partial charge in [0, 0.05) is 43.0 Å². The minimum absolute atomic E-state index is 0.164. The normalized spacial score (nSPS) is 14.4. The maximum atomic E-state index is 14.6. The first-order chi connectivity index (χ1) is 17.2. The van der Waals surface area contributed by atoms with Gasteiger partial charge in [-0.3, -0.25) is 4.79 Å². The van der Waals surface area contributed by atoms with Crippen LogP contribution < -0.4 is 19.7 Å². The van der Waals surface area contributed by atoms with Crippen LogP contribution in [0.3, 0.4) is 0 Å². The summed E-state index contributed by atoms with van der Waals surface area (Å²) in [7, 11) is -1.06. The molecule has 0 bridgehead atoms. The third kappa shape index (κ3) is 5.40. The van der Waals surface area contributed by atoms with E-state index in [0.29, 0.717) is 29.6 Å². The predicted octanol–water partition coefficient (Wildman–Crippen LogP) is 4.26. The summed E-state index contributed by atoms with van der Waals surface area (Å²) < 4.78 is 53.0. The van der Waals surface area contributed by atoms with Gasteiger partial charge in [-0.1, -0.05) is 17.7 Å². The topological polar surface area (TPSA) is 88.2 Å². The molecule has 0 aliphatic carbocycles. The Bertz CT molecular complexity index is 1380. The molecule has 1 fully saturated rings. The second kappa shape index (κ2) is 10.7. The number of nitrogens with one attached hydrogen (secondary N) is 1. The average molecular weight is 534 g/mol. The van der Waals surface area contributed by atoms with Crippen molar-refractivity contribution in [3.05, 3.63) is 77.1 Å². The van der Waals surface area contributed by atoms with E-state index >= 15 is 0 Å². The summed E-state index contributed by atoms with van der Waals surface area (Å²) in [5, 5.41) is 3.17. The van der Waals surface area contributed by atoms with E-state index in [1.807, 2.05) is 23.1 Å². The van der Waals surface area contributed by atoms with Gasteiger partial charge in [0.25, 0.3) is 5.91 Å². The van der Waals surface area contributed by atoms with Crippen LogP contribution in [0.4, 0.5) is 15.8 Å². The number of halogens is 2. The first-order valence-electron chi connectivity index (χ1n) is 11.1. The fourth-order valence-corrected chi connectivity index (χ4v) is 5.58. The molecule has 190 valence electrons. The molecule has 1 aliphatic heterocycles. The molecule has 0 aromatic heterocycles. The van der Waals surface area contributed by atoms with Crippen LogP contribution in [0.2, 0.25) is 5.02 Å². The zero-order valence-corrected chi connectivity index (χ0v) is 21.3. The van der Waals surface area contributed by atoms with Crippen LogP contribution in [0.15, 0.2) is 65.6 Å². The highest BCUT2D eigenvalue weighted by Gasteiger charge is 2.30. The summed E-state index contributed by atoms with van der Waals surface area (Å²) in [6.45, 7) is 1.39. The summed E-state index contributed by atoms with van der Waals surface area (Å²) >= 11 is 6.07. The molecule has 0 spiro atoms. The van der Waals surface area contributed by atoms with Crippen LogP contribution in [-0.2, 0) is 10.0 Å². The zero-order valence-electron chi connectivity index (χ0n) is 19.7. The lowest BCUT2D eigenvalue weighted by Crippen LogP contribution is -2.48. The standard InChI is InChI=1S/C25H25ClFN3O5S/c1-34-19-6-9-24(35-2)23(15-19)28-25(31)21-16-20(7-8-22(21)27)36(32,33)30-12-10-29(11-13-30)18-5-3-4-17(26)14-18/h3-9,14-16H,10-13H2,1-2H3,(H,28,31). The summed E-state index contributed by atoms with van der Waals surface area (Å²) in [5.74, 6) is -0.869. The minimum Gasteiger partial charge on any atom is -0.497 e. The van der Waals surface area contributed by atoms with Crippen LogP contribution in [0.5, 0.6) is 11.5 Å². The summed E-state index contributed by atoms with van der Waals surface area (Å²) in [6.07, 6.45) is 0. The number of rotatable bonds is 7. The van der Waals surface area contributed by atoms with Crippen molar-refractivity contribution in [2.75, 3.05) is 50.6 Å². The van der Waals surface area contributed by atoms with Crippen molar-refractivity contribution >= 4 is 38.9 Å². The SMILES string of the molecule is COc1ccc(OC)c(NC(=O)c2cc(S(=O)(=O)N3CCN(c4cccc(Cl)c4)CC3)ccc2F)c1. The molecule has 8 nitrogen and oxygen atoms in total. The van der Waals surface area contributed by atoms with Crippen LogP contribution in [-0.4, -0.2) is 59.0 Å². The number of piperazine rings is 1. The Morgan fingerprint density at radius 1 is 0.972 bits per heavy atom. The number of amides is 1. The van der Waals surface area contributed by atoms with Gasteiger partial charge in [0.2, 0.25) is 10.0 Å². The zero-order chi connectivity index (χ0) is 25.9. The maximum absolute atomic E-state index is 14.6. The lowest BCUT2D eigenvalue weighted by atomic mass is 10.2. The second-order valence-electron chi connectivity index (χ2n) is 8.03. The number of methoxy groups -OCH3 is 2. The van der Waals surface area contributed by atoms with E-state index in [0.717, 1.165) is 23.9 Å². The summed E-state index contributed by atoms with van der Waals surface area (Å²) in [4.78, 5) is 14.8. The van der Waals surface area contributed by atoms with Gasteiger partial charge < -0.3 is 19.7 Å². The summed E-state index contributed by atoms with van der Waals surface area (Å²) in [5.41, 5.74) is 0.762. The molecule has 0 unspecified atom stereocenters. The number of carbonyl (C=O) groups is 1. The van der Waals surface area contributed by atoms with Crippen LogP contribution in [0.1, 0.15) is 10.4 Å². The highest BCUT2D eigenvalue weighted by Crippen LogP contribution is 2.30. The Labute approximate surface area is 214 Å². The van der Waals surface area contributed by atoms with E-state index < -0.39 is 27.3 Å². The van der Waals surface area contributed by atoms with Gasteiger partial charge in [0.1, 0.15) is 17.3 Å². The van der Waals surface area contributed by atoms with Crippen molar-refractivity contribution in [3.8, 4) is 11.5 Å². The first kappa shape index (κ1) is 25.7. The Morgan fingerprint density at radius 2 is 1.72 bits per heavy atom. The van der Waals surface area contributed by atoms with Gasteiger partial charge in [-0.2, -0.15) is 4.31 Å². The highest BCUT2D eigenvalue weighted by atomic mass is 35.5. The number of hydrogen-bond acceptors (Lipinski definition) is 6. The van der Waals surface area contributed by atoms with Gasteiger partial charge in [0.05, 0.1) is 30.4 Å². The average Bonchev–Trinajstić information content (AvgIpc) is 2.88. The molecule has 4 rings (SSSR count). The predicted molar refractivity (Wildman–Crippen MR) is 136 cm³/mol. The lowest BCUT2D eigenvalue weighted by Gasteiger charge is -2.35. The molecule has 0 radical (unpaired) electrons. The molecule has 1 N–H and O–H groups in total. The van der Waals surface area contributed by atoms with Gasteiger partial charge in [-0.15, -0.1) is 0 Å². The number of ether oxygens (including phenoxy) is 2. The van der Waals surface area contributed by atoms with Crippen LogP contribution in [0.25, 0.3) is 0 Å². The monoisotopic (exact) mass is 533 g/mol. The van der Waals surface area contributed by atoms with Crippen molar-refractivity contribution in [3.63, 3.8) is 0 Å². The van der Waals surface area contributed by atoms with E-state index in [-0.39, 0.29) is 23.7 Å². The van der Waals surface area contributed by atoms with Gasteiger partial charge in [-0.05, 0) is 48.5 Å². The molecule has 1 aliphatic rings. The quantitative estimate of drug-likeness (QED) is 0.488. The summed E-state index contributed by atoms with van der Waals surface area (Å²) in [6, 6.07) is 15.3. The molecule has 36 heavy (non-hydrogen) atoms. The molecular weight excluding hydrogens is 509 g/mol. The Hall–Kier alpha value is -3.34. The molecule has 3 aromatic rings. The Kier molecular flexibility index (Phi) is 7.67. The Morgan fingerprint density at radius 3 is 2.39 bits per heavy atom. The molecule has 1 amide bonds.